The minimum absolute atomic E-state index is 0.0726. The van der Waals surface area contributed by atoms with Crippen LogP contribution < -0.4 is 10.9 Å². The van der Waals surface area contributed by atoms with E-state index in [9.17, 15) is 4.79 Å². The molecule has 1 unspecified atom stereocenters. The van der Waals surface area contributed by atoms with Crippen molar-refractivity contribution in [2.75, 3.05) is 11.6 Å². The highest BCUT2D eigenvalue weighted by Gasteiger charge is 2.15. The number of H-pyrrole nitrogens is 1. The van der Waals surface area contributed by atoms with E-state index in [4.69, 9.17) is 0 Å². The summed E-state index contributed by atoms with van der Waals surface area (Å²) in [6.45, 7) is 5.64. The van der Waals surface area contributed by atoms with Gasteiger partial charge in [-0.3, -0.25) is 4.79 Å². The second-order valence-electron chi connectivity index (χ2n) is 4.72. The molecule has 1 aromatic carbocycles. The first kappa shape index (κ1) is 14.7. The third kappa shape index (κ3) is 3.04. The number of aryl methyl sites for hydroxylation is 2. The zero-order chi connectivity index (χ0) is 14.7. The minimum Gasteiger partial charge on any atom is -0.377 e. The lowest BCUT2D eigenvalue weighted by Crippen LogP contribution is -2.23. The van der Waals surface area contributed by atoms with E-state index in [1.54, 1.807) is 18.7 Å². The van der Waals surface area contributed by atoms with Gasteiger partial charge in [-0.05, 0) is 39.2 Å². The SMILES string of the molecule is CSc1ccccc1NC(C)c1c(C)nc(C)[nH]c1=O. The van der Waals surface area contributed by atoms with Crippen LogP contribution in [-0.4, -0.2) is 16.2 Å². The molecule has 0 aliphatic carbocycles. The minimum atomic E-state index is -0.0971. The lowest BCUT2D eigenvalue weighted by atomic mass is 10.1. The topological polar surface area (TPSA) is 57.8 Å². The molecule has 4 nitrogen and oxygen atoms in total. The number of anilines is 1. The average molecular weight is 289 g/mol. The number of rotatable bonds is 4. The van der Waals surface area contributed by atoms with Crippen LogP contribution in [0, 0.1) is 13.8 Å². The molecule has 2 N–H and O–H groups in total. The molecule has 5 heteroatoms. The standard InChI is InChI=1S/C15H19N3OS/c1-9-14(15(19)18-11(3)16-9)10(2)17-12-7-5-6-8-13(12)20-4/h5-8,10,17H,1-4H3,(H,16,18,19). The van der Waals surface area contributed by atoms with E-state index in [-0.39, 0.29) is 11.6 Å². The van der Waals surface area contributed by atoms with E-state index in [0.29, 0.717) is 11.4 Å². The van der Waals surface area contributed by atoms with Crippen LogP contribution >= 0.6 is 11.8 Å². The van der Waals surface area contributed by atoms with E-state index in [0.717, 1.165) is 16.3 Å². The molecule has 1 heterocycles. The lowest BCUT2D eigenvalue weighted by molar-refractivity contribution is 0.811. The Morgan fingerprint density at radius 3 is 2.65 bits per heavy atom. The van der Waals surface area contributed by atoms with Gasteiger partial charge in [0, 0.05) is 10.6 Å². The van der Waals surface area contributed by atoms with E-state index < -0.39 is 0 Å². The number of aromatic amines is 1. The fourth-order valence-electron chi connectivity index (χ4n) is 2.31. The van der Waals surface area contributed by atoms with Crippen LogP contribution in [0.15, 0.2) is 34.0 Å². The van der Waals surface area contributed by atoms with Crippen LogP contribution in [0.3, 0.4) is 0 Å². The molecule has 20 heavy (non-hydrogen) atoms. The number of aromatic nitrogens is 2. The summed E-state index contributed by atoms with van der Waals surface area (Å²) in [5, 5.41) is 3.40. The highest BCUT2D eigenvalue weighted by molar-refractivity contribution is 7.98. The van der Waals surface area contributed by atoms with Crippen LogP contribution in [0.2, 0.25) is 0 Å². The van der Waals surface area contributed by atoms with Gasteiger partial charge in [-0.15, -0.1) is 11.8 Å². The molecule has 2 aromatic rings. The van der Waals surface area contributed by atoms with Crippen LogP contribution in [-0.2, 0) is 0 Å². The Morgan fingerprint density at radius 2 is 2.00 bits per heavy atom. The summed E-state index contributed by atoms with van der Waals surface area (Å²) in [6, 6.07) is 7.98. The summed E-state index contributed by atoms with van der Waals surface area (Å²) >= 11 is 1.68. The number of thioether (sulfide) groups is 1. The van der Waals surface area contributed by atoms with Crippen molar-refractivity contribution < 1.29 is 0 Å². The molecule has 0 saturated heterocycles. The Morgan fingerprint density at radius 1 is 1.30 bits per heavy atom. The van der Waals surface area contributed by atoms with Crippen LogP contribution in [0.1, 0.15) is 30.0 Å². The van der Waals surface area contributed by atoms with Gasteiger partial charge < -0.3 is 10.3 Å². The monoisotopic (exact) mass is 289 g/mol. The molecular formula is C15H19N3OS. The fraction of sp³-hybridized carbons (Fsp3) is 0.333. The van der Waals surface area contributed by atoms with Gasteiger partial charge in [0.25, 0.3) is 5.56 Å². The van der Waals surface area contributed by atoms with Gasteiger partial charge in [-0.1, -0.05) is 12.1 Å². The second kappa shape index (κ2) is 6.13. The Balaban J connectivity index is 2.33. The highest BCUT2D eigenvalue weighted by atomic mass is 32.2. The molecule has 0 amide bonds. The van der Waals surface area contributed by atoms with Crippen molar-refractivity contribution in [3.8, 4) is 0 Å². The third-order valence-electron chi connectivity index (χ3n) is 3.18. The lowest BCUT2D eigenvalue weighted by Gasteiger charge is -2.18. The van der Waals surface area contributed by atoms with Gasteiger partial charge in [-0.25, -0.2) is 4.98 Å². The van der Waals surface area contributed by atoms with Crippen molar-refractivity contribution in [3.05, 3.63) is 51.7 Å². The number of nitrogens with one attached hydrogen (secondary N) is 2. The first-order valence-electron chi connectivity index (χ1n) is 6.50. The first-order valence-corrected chi connectivity index (χ1v) is 7.72. The van der Waals surface area contributed by atoms with Crippen molar-refractivity contribution in [1.82, 2.24) is 9.97 Å². The maximum absolute atomic E-state index is 12.1. The Hall–Kier alpha value is -1.75. The molecule has 0 aliphatic rings. The van der Waals surface area contributed by atoms with Crippen molar-refractivity contribution >= 4 is 17.4 Å². The summed E-state index contributed by atoms with van der Waals surface area (Å²) in [5.41, 5.74) is 2.42. The number of hydrogen-bond acceptors (Lipinski definition) is 4. The first-order chi connectivity index (χ1) is 9.52. The number of hydrogen-bond donors (Lipinski definition) is 2. The molecule has 0 fully saturated rings. The van der Waals surface area contributed by atoms with Gasteiger partial charge in [0.15, 0.2) is 0 Å². The Kier molecular flexibility index (Phi) is 4.49. The fourth-order valence-corrected chi connectivity index (χ4v) is 2.88. The van der Waals surface area contributed by atoms with Crippen LogP contribution in [0.5, 0.6) is 0 Å². The van der Waals surface area contributed by atoms with E-state index in [1.165, 1.54) is 0 Å². The largest absolute Gasteiger partial charge is 0.377 e. The van der Waals surface area contributed by atoms with Crippen molar-refractivity contribution in [3.63, 3.8) is 0 Å². The molecule has 1 atom stereocenters. The van der Waals surface area contributed by atoms with Crippen molar-refractivity contribution in [2.24, 2.45) is 0 Å². The van der Waals surface area contributed by atoms with E-state index >= 15 is 0 Å². The molecule has 0 spiro atoms. The van der Waals surface area contributed by atoms with Gasteiger partial charge >= 0.3 is 0 Å². The summed E-state index contributed by atoms with van der Waals surface area (Å²) in [5.74, 6) is 0.646. The smallest absolute Gasteiger partial charge is 0.256 e. The number of nitrogens with zero attached hydrogens (tertiary/aromatic N) is 1. The summed E-state index contributed by atoms with van der Waals surface area (Å²) in [7, 11) is 0. The zero-order valence-electron chi connectivity index (χ0n) is 12.2. The zero-order valence-corrected chi connectivity index (χ0v) is 13.0. The molecule has 0 saturated carbocycles. The third-order valence-corrected chi connectivity index (χ3v) is 3.97. The van der Waals surface area contributed by atoms with Gasteiger partial charge in [0.05, 0.1) is 17.3 Å². The normalized spacial score (nSPS) is 12.2. The Labute approximate surface area is 123 Å². The maximum Gasteiger partial charge on any atom is 0.256 e. The molecule has 106 valence electrons. The van der Waals surface area contributed by atoms with Gasteiger partial charge in [0.1, 0.15) is 5.82 Å². The van der Waals surface area contributed by atoms with Crippen molar-refractivity contribution in [1.29, 1.82) is 0 Å². The second-order valence-corrected chi connectivity index (χ2v) is 5.56. The van der Waals surface area contributed by atoms with Crippen molar-refractivity contribution in [2.45, 2.75) is 31.7 Å². The quantitative estimate of drug-likeness (QED) is 0.848. The predicted molar refractivity (Wildman–Crippen MR) is 84.6 cm³/mol. The molecule has 0 radical (unpaired) electrons. The average Bonchev–Trinajstić information content (AvgIpc) is 2.38. The van der Waals surface area contributed by atoms with E-state index in [2.05, 4.69) is 21.4 Å². The molecule has 2 rings (SSSR count). The van der Waals surface area contributed by atoms with Gasteiger partial charge in [0.2, 0.25) is 0 Å². The Bertz CT molecular complexity index is 666. The van der Waals surface area contributed by atoms with Gasteiger partial charge in [-0.2, -0.15) is 0 Å². The number of para-hydroxylation sites is 1. The molecule has 0 aliphatic heterocycles. The summed E-state index contributed by atoms with van der Waals surface area (Å²) in [6.07, 6.45) is 2.04. The summed E-state index contributed by atoms with van der Waals surface area (Å²) < 4.78 is 0. The van der Waals surface area contributed by atoms with E-state index in [1.807, 2.05) is 38.3 Å². The molecule has 1 aromatic heterocycles. The molecular weight excluding hydrogens is 270 g/mol. The highest BCUT2D eigenvalue weighted by Crippen LogP contribution is 2.28. The van der Waals surface area contributed by atoms with Crippen LogP contribution in [0.4, 0.5) is 5.69 Å². The predicted octanol–water partition coefficient (Wildman–Crippen LogP) is 3.28. The summed E-state index contributed by atoms with van der Waals surface area (Å²) in [4.78, 5) is 20.4. The number of benzene rings is 1. The molecule has 0 bridgehead atoms. The van der Waals surface area contributed by atoms with Crippen LogP contribution in [0.25, 0.3) is 0 Å². The maximum atomic E-state index is 12.1.